The summed E-state index contributed by atoms with van der Waals surface area (Å²) >= 11 is 1.72. The van der Waals surface area contributed by atoms with Crippen LogP contribution < -0.4 is 15.2 Å². The summed E-state index contributed by atoms with van der Waals surface area (Å²) in [7, 11) is 3.98. The van der Waals surface area contributed by atoms with E-state index < -0.39 is 0 Å². The molecule has 1 aliphatic heterocycles. The molecule has 0 amide bonds. The average Bonchev–Trinajstić information content (AvgIpc) is 2.97. The topological polar surface area (TPSA) is 36.4 Å². The van der Waals surface area contributed by atoms with Gasteiger partial charge in [-0.25, -0.2) is 4.98 Å². The van der Waals surface area contributed by atoms with Gasteiger partial charge < -0.3 is 9.80 Å². The molecular formula is C37H59N3OS. The van der Waals surface area contributed by atoms with Crippen molar-refractivity contribution in [3.8, 4) is 10.6 Å². The Morgan fingerprint density at radius 3 is 1.76 bits per heavy atom. The van der Waals surface area contributed by atoms with E-state index in [0.29, 0.717) is 0 Å². The summed E-state index contributed by atoms with van der Waals surface area (Å²) in [6, 6.07) is 8.72. The predicted molar refractivity (Wildman–Crippen MR) is 188 cm³/mol. The lowest BCUT2D eigenvalue weighted by atomic mass is 10.0. The maximum Gasteiger partial charge on any atom is 0.206 e. The minimum atomic E-state index is 0.185. The molecule has 3 rings (SSSR count). The van der Waals surface area contributed by atoms with Gasteiger partial charge in [0.2, 0.25) is 5.43 Å². The molecule has 0 saturated carbocycles. The summed E-state index contributed by atoms with van der Waals surface area (Å²) in [4.78, 5) is 24.1. The molecule has 1 heterocycles. The quantitative estimate of drug-likeness (QED) is 0.0857. The van der Waals surface area contributed by atoms with Crippen LogP contribution in [0.5, 0.6) is 0 Å². The average molecular weight is 594 g/mol. The van der Waals surface area contributed by atoms with Gasteiger partial charge in [-0.05, 0) is 49.9 Å². The first-order chi connectivity index (χ1) is 20.5. The Morgan fingerprint density at radius 2 is 1.24 bits per heavy atom. The van der Waals surface area contributed by atoms with Crippen LogP contribution in [0.2, 0.25) is 0 Å². The fourth-order valence-corrected chi connectivity index (χ4v) is 7.36. The van der Waals surface area contributed by atoms with Gasteiger partial charge in [-0.1, -0.05) is 111 Å². The molecule has 0 bridgehead atoms. The van der Waals surface area contributed by atoms with E-state index in [1.165, 1.54) is 95.6 Å². The molecule has 0 saturated heterocycles. The van der Waals surface area contributed by atoms with E-state index in [9.17, 15) is 4.79 Å². The van der Waals surface area contributed by atoms with Gasteiger partial charge in [0.1, 0.15) is 5.69 Å². The zero-order valence-electron chi connectivity index (χ0n) is 27.6. The van der Waals surface area contributed by atoms with Crippen molar-refractivity contribution in [1.82, 2.24) is 4.98 Å². The highest BCUT2D eigenvalue weighted by molar-refractivity contribution is 7.22. The summed E-state index contributed by atoms with van der Waals surface area (Å²) in [5, 5.41) is 0. The lowest BCUT2D eigenvalue weighted by molar-refractivity contribution is 0.532. The number of nitrogens with zero attached hydrogens (tertiary/aromatic N) is 3. The smallest absolute Gasteiger partial charge is 0.206 e. The van der Waals surface area contributed by atoms with E-state index in [0.717, 1.165) is 70.8 Å². The molecule has 5 heteroatoms. The first kappa shape index (κ1) is 34.4. The monoisotopic (exact) mass is 593 g/mol. The molecule has 0 atom stereocenters. The van der Waals surface area contributed by atoms with Gasteiger partial charge in [-0.3, -0.25) is 4.79 Å². The number of aromatic nitrogens is 1. The fourth-order valence-electron chi connectivity index (χ4n) is 6.16. The van der Waals surface area contributed by atoms with Gasteiger partial charge in [0, 0.05) is 38.4 Å². The minimum absolute atomic E-state index is 0.185. The maximum absolute atomic E-state index is 13.6. The molecule has 0 radical (unpaired) electrons. The van der Waals surface area contributed by atoms with E-state index in [1.807, 2.05) is 19.0 Å². The number of fused-ring (bicyclic) bond motifs is 2. The normalized spacial score (nSPS) is 11.5. The van der Waals surface area contributed by atoms with E-state index in [2.05, 4.69) is 49.9 Å². The zero-order valence-corrected chi connectivity index (χ0v) is 28.4. The van der Waals surface area contributed by atoms with Gasteiger partial charge >= 0.3 is 0 Å². The molecule has 234 valence electrons. The van der Waals surface area contributed by atoms with Crippen molar-refractivity contribution in [3.63, 3.8) is 0 Å². The van der Waals surface area contributed by atoms with Crippen molar-refractivity contribution in [3.05, 3.63) is 40.1 Å². The number of rotatable bonds is 22. The second kappa shape index (κ2) is 19.2. The molecule has 0 N–H and O–H groups in total. The van der Waals surface area contributed by atoms with Crippen LogP contribution in [0, 0.1) is 0 Å². The first-order valence-electron chi connectivity index (χ1n) is 17.3. The molecule has 1 aromatic rings. The van der Waals surface area contributed by atoms with Gasteiger partial charge in [-0.2, -0.15) is 0 Å². The van der Waals surface area contributed by atoms with E-state index in [1.54, 1.807) is 11.3 Å². The Morgan fingerprint density at radius 1 is 0.690 bits per heavy atom. The highest BCUT2D eigenvalue weighted by atomic mass is 32.1. The van der Waals surface area contributed by atoms with Crippen LogP contribution in [0.15, 0.2) is 29.1 Å². The lowest BCUT2D eigenvalue weighted by Gasteiger charge is -2.24. The van der Waals surface area contributed by atoms with Gasteiger partial charge in [0.15, 0.2) is 0 Å². The first-order valence-corrected chi connectivity index (χ1v) is 18.1. The summed E-state index contributed by atoms with van der Waals surface area (Å²) in [6.07, 6.45) is 23.5. The summed E-state index contributed by atoms with van der Waals surface area (Å²) < 4.78 is 1.15. The van der Waals surface area contributed by atoms with Crippen molar-refractivity contribution >= 4 is 32.9 Å². The minimum Gasteiger partial charge on any atom is -0.373 e. The molecule has 0 spiro atoms. The lowest BCUT2D eigenvalue weighted by Crippen LogP contribution is -2.24. The largest absolute Gasteiger partial charge is 0.373 e. The fraction of sp³-hybridized carbons (Fsp3) is 0.676. The highest BCUT2D eigenvalue weighted by Gasteiger charge is 2.20. The van der Waals surface area contributed by atoms with E-state index in [4.69, 9.17) is 4.98 Å². The molecule has 4 nitrogen and oxygen atoms in total. The Balaban J connectivity index is 1.52. The van der Waals surface area contributed by atoms with Gasteiger partial charge in [0.25, 0.3) is 0 Å². The number of hydrogen-bond donors (Lipinski definition) is 0. The Kier molecular flexibility index (Phi) is 15.7. The van der Waals surface area contributed by atoms with Crippen LogP contribution >= 0.6 is 11.3 Å². The number of benzene rings is 2. The van der Waals surface area contributed by atoms with Crippen molar-refractivity contribution in [2.75, 3.05) is 37.0 Å². The van der Waals surface area contributed by atoms with Gasteiger partial charge in [-0.15, -0.1) is 11.3 Å². The molecule has 1 aromatic carbocycles. The van der Waals surface area contributed by atoms with Crippen molar-refractivity contribution < 1.29 is 0 Å². The summed E-state index contributed by atoms with van der Waals surface area (Å²) in [5.41, 5.74) is 5.14. The third kappa shape index (κ3) is 10.5. The molecule has 2 aliphatic rings. The maximum atomic E-state index is 13.6. The van der Waals surface area contributed by atoms with Crippen molar-refractivity contribution in [2.24, 2.45) is 0 Å². The number of unbranched alkanes of at least 4 members (excludes halogenated alkanes) is 14. The van der Waals surface area contributed by atoms with Crippen LogP contribution in [0.4, 0.5) is 11.4 Å². The molecule has 1 aliphatic carbocycles. The van der Waals surface area contributed by atoms with Crippen molar-refractivity contribution in [1.29, 1.82) is 0 Å². The Labute approximate surface area is 261 Å². The SMILES string of the molecule is CCCCCCCCCCCCCCCCCc1cc2nc3ccc(N(CCC)CCC)cc3sc-2c(N(C)C)c1=O. The predicted octanol–water partition coefficient (Wildman–Crippen LogP) is 10.9. The standard InChI is InChI=1S/C37H59N3OS/c1-6-9-10-11-12-13-14-15-16-17-18-19-20-21-22-23-30-28-33-37(35(36(30)41)39(4)5)42-34-29-31(24-25-32(34)38-33)40(26-7-2)27-8-3/h24-25,28-29H,6-23,26-27H2,1-5H3. The summed E-state index contributed by atoms with van der Waals surface area (Å²) in [5.74, 6) is 0. The summed E-state index contributed by atoms with van der Waals surface area (Å²) in [6.45, 7) is 8.87. The number of aryl methyl sites for hydroxylation is 1. The molecule has 0 aromatic heterocycles. The van der Waals surface area contributed by atoms with Crippen LogP contribution in [0.1, 0.15) is 135 Å². The second-order valence-corrected chi connectivity index (χ2v) is 13.6. The molecule has 42 heavy (non-hydrogen) atoms. The third-order valence-electron chi connectivity index (χ3n) is 8.51. The zero-order chi connectivity index (χ0) is 30.2. The number of anilines is 2. The Bertz CT molecular complexity index is 1200. The van der Waals surface area contributed by atoms with Crippen LogP contribution in [0.25, 0.3) is 20.8 Å². The molecule has 0 fully saturated rings. The molecule has 0 unspecified atom stereocenters. The van der Waals surface area contributed by atoms with Crippen LogP contribution in [-0.4, -0.2) is 32.2 Å². The van der Waals surface area contributed by atoms with Crippen LogP contribution in [-0.2, 0) is 6.42 Å². The third-order valence-corrected chi connectivity index (χ3v) is 9.66. The number of hydrogen-bond acceptors (Lipinski definition) is 5. The van der Waals surface area contributed by atoms with E-state index >= 15 is 0 Å². The van der Waals surface area contributed by atoms with E-state index in [-0.39, 0.29) is 5.43 Å². The Hall–Kier alpha value is -2.14. The van der Waals surface area contributed by atoms with Crippen molar-refractivity contribution in [2.45, 2.75) is 136 Å². The molecular weight excluding hydrogens is 534 g/mol. The second-order valence-electron chi connectivity index (χ2n) is 12.5. The van der Waals surface area contributed by atoms with Crippen LogP contribution in [0.3, 0.4) is 0 Å². The highest BCUT2D eigenvalue weighted by Crippen LogP contribution is 2.38. The van der Waals surface area contributed by atoms with Gasteiger partial charge in [0.05, 0.1) is 20.8 Å².